The van der Waals surface area contributed by atoms with Gasteiger partial charge in [0.25, 0.3) is 5.91 Å². The van der Waals surface area contributed by atoms with Gasteiger partial charge in [-0.25, -0.2) is 18.4 Å². The molecule has 0 saturated carbocycles. The Bertz CT molecular complexity index is 723. The third kappa shape index (κ3) is 4.08. The summed E-state index contributed by atoms with van der Waals surface area (Å²) < 4.78 is 28.0. The molecule has 1 heterocycles. The Morgan fingerprint density at radius 3 is 2.43 bits per heavy atom. The van der Waals surface area contributed by atoms with Gasteiger partial charge in [-0.3, -0.25) is 4.79 Å². The zero-order valence-corrected chi connectivity index (χ0v) is 13.9. The van der Waals surface area contributed by atoms with E-state index in [-0.39, 0.29) is 16.4 Å². The zero-order chi connectivity index (χ0) is 17.2. The van der Waals surface area contributed by atoms with Crippen LogP contribution < -0.4 is 5.14 Å². The highest BCUT2D eigenvalue weighted by molar-refractivity contribution is 7.89. The number of hydrogen-bond donors (Lipinski definition) is 1. The van der Waals surface area contributed by atoms with Crippen molar-refractivity contribution in [3.63, 3.8) is 0 Å². The van der Waals surface area contributed by atoms with Crippen molar-refractivity contribution in [1.82, 2.24) is 4.90 Å². The quantitative estimate of drug-likeness (QED) is 0.816. The molecule has 1 saturated heterocycles. The molecule has 0 radical (unpaired) electrons. The van der Waals surface area contributed by atoms with Crippen LogP contribution in [0.25, 0.3) is 0 Å². The Morgan fingerprint density at radius 2 is 1.87 bits per heavy atom. The molecule has 0 aromatic heterocycles. The van der Waals surface area contributed by atoms with E-state index in [1.807, 2.05) is 0 Å². The summed E-state index contributed by atoms with van der Waals surface area (Å²) in [6, 6.07) is 3.96. The predicted octanol–water partition coefficient (Wildman–Crippen LogP) is 0.810. The number of rotatable bonds is 4. The molecular weight excluding hydrogens is 320 g/mol. The second-order valence-electron chi connectivity index (χ2n) is 5.60. The Hall–Kier alpha value is -1.93. The molecule has 2 N–H and O–H groups in total. The molecule has 1 amide bonds. The summed E-state index contributed by atoms with van der Waals surface area (Å²) in [4.78, 5) is 25.9. The number of sulfonamides is 1. The van der Waals surface area contributed by atoms with Gasteiger partial charge in [-0.15, -0.1) is 0 Å². The smallest absolute Gasteiger partial charge is 0.339 e. The molecule has 8 heteroatoms. The first-order valence-electron chi connectivity index (χ1n) is 7.33. The van der Waals surface area contributed by atoms with Crippen LogP contribution in [0, 0.1) is 6.92 Å². The van der Waals surface area contributed by atoms with Crippen LogP contribution in [0.1, 0.15) is 35.7 Å². The average molecular weight is 340 g/mol. The number of hydrogen-bond acceptors (Lipinski definition) is 5. The topological polar surface area (TPSA) is 107 Å². The first-order valence-corrected chi connectivity index (χ1v) is 8.88. The number of benzene rings is 1. The highest BCUT2D eigenvalue weighted by Crippen LogP contribution is 2.17. The van der Waals surface area contributed by atoms with Gasteiger partial charge in [0.05, 0.1) is 10.5 Å². The first-order chi connectivity index (χ1) is 10.7. The Morgan fingerprint density at radius 1 is 1.26 bits per heavy atom. The van der Waals surface area contributed by atoms with Crippen LogP contribution in [-0.4, -0.2) is 44.4 Å². The van der Waals surface area contributed by atoms with Gasteiger partial charge in [-0.05, 0) is 44.4 Å². The van der Waals surface area contributed by atoms with Gasteiger partial charge < -0.3 is 9.64 Å². The van der Waals surface area contributed by atoms with Crippen molar-refractivity contribution in [2.45, 2.75) is 37.7 Å². The molecule has 2 rings (SSSR count). The minimum absolute atomic E-state index is 0.0811. The van der Waals surface area contributed by atoms with Crippen molar-refractivity contribution >= 4 is 21.9 Å². The van der Waals surface area contributed by atoms with Crippen molar-refractivity contribution in [3.05, 3.63) is 29.3 Å². The summed E-state index contributed by atoms with van der Waals surface area (Å²) >= 11 is 0. The second-order valence-corrected chi connectivity index (χ2v) is 7.16. The molecule has 1 aliphatic rings. The highest BCUT2D eigenvalue weighted by atomic mass is 32.2. The van der Waals surface area contributed by atoms with E-state index in [4.69, 9.17) is 9.88 Å². The summed E-state index contributed by atoms with van der Waals surface area (Å²) in [6.45, 7) is 4.50. The maximum atomic E-state index is 12.2. The van der Waals surface area contributed by atoms with Gasteiger partial charge in [-0.1, -0.05) is 6.07 Å². The molecule has 0 bridgehead atoms. The SMILES string of the molecule is Cc1ccc(S(N)(=O)=O)cc1C(=O)OC(C)C(=O)N1CCCC1. The van der Waals surface area contributed by atoms with E-state index in [0.717, 1.165) is 12.8 Å². The van der Waals surface area contributed by atoms with Gasteiger partial charge in [0.15, 0.2) is 6.10 Å². The number of esters is 1. The number of carbonyl (C=O) groups excluding carboxylic acids is 2. The standard InChI is InChI=1S/C15H20N2O5S/c1-10-5-6-12(23(16,20)21)9-13(10)15(19)22-11(2)14(18)17-7-3-4-8-17/h5-6,9,11H,3-4,7-8H2,1-2H3,(H2,16,20,21). The third-order valence-corrected chi connectivity index (χ3v) is 4.72. The lowest BCUT2D eigenvalue weighted by Gasteiger charge is -2.20. The van der Waals surface area contributed by atoms with Crippen LogP contribution in [0.5, 0.6) is 0 Å². The molecule has 1 aliphatic heterocycles. The lowest BCUT2D eigenvalue weighted by Crippen LogP contribution is -2.38. The number of nitrogens with zero attached hydrogens (tertiary/aromatic N) is 1. The number of ether oxygens (including phenoxy) is 1. The molecule has 0 spiro atoms. The predicted molar refractivity (Wildman–Crippen MR) is 83.2 cm³/mol. The molecule has 7 nitrogen and oxygen atoms in total. The molecule has 1 aromatic rings. The summed E-state index contributed by atoms with van der Waals surface area (Å²) in [5.74, 6) is -0.982. The van der Waals surface area contributed by atoms with E-state index in [0.29, 0.717) is 18.7 Å². The number of nitrogens with two attached hydrogens (primary N) is 1. The number of carbonyl (C=O) groups is 2. The second kappa shape index (κ2) is 6.67. The maximum absolute atomic E-state index is 12.2. The molecule has 1 unspecified atom stereocenters. The fourth-order valence-corrected chi connectivity index (χ4v) is 3.01. The normalized spacial score (nSPS) is 16.2. The van der Waals surface area contributed by atoms with Gasteiger partial charge in [0.2, 0.25) is 10.0 Å². The maximum Gasteiger partial charge on any atom is 0.339 e. The van der Waals surface area contributed by atoms with Crippen LogP contribution >= 0.6 is 0 Å². The van der Waals surface area contributed by atoms with E-state index < -0.39 is 22.1 Å². The zero-order valence-electron chi connectivity index (χ0n) is 13.1. The summed E-state index contributed by atoms with van der Waals surface area (Å²) in [6.07, 6.45) is 0.974. The molecule has 1 fully saturated rings. The summed E-state index contributed by atoms with van der Waals surface area (Å²) in [5.41, 5.74) is 0.626. The van der Waals surface area contributed by atoms with Gasteiger partial charge in [0.1, 0.15) is 0 Å². The largest absolute Gasteiger partial charge is 0.449 e. The van der Waals surface area contributed by atoms with E-state index >= 15 is 0 Å². The molecule has 126 valence electrons. The fourth-order valence-electron chi connectivity index (χ4n) is 2.47. The Kier molecular flexibility index (Phi) is 5.06. The summed E-state index contributed by atoms with van der Waals surface area (Å²) in [5, 5.41) is 5.07. The molecule has 0 aliphatic carbocycles. The van der Waals surface area contributed by atoms with Crippen molar-refractivity contribution < 1.29 is 22.7 Å². The van der Waals surface area contributed by atoms with Crippen LogP contribution in [0.15, 0.2) is 23.1 Å². The fraction of sp³-hybridized carbons (Fsp3) is 0.467. The average Bonchev–Trinajstić information content (AvgIpc) is 2.99. The summed E-state index contributed by atoms with van der Waals surface area (Å²) in [7, 11) is -3.92. The number of aryl methyl sites for hydroxylation is 1. The lowest BCUT2D eigenvalue weighted by atomic mass is 10.1. The van der Waals surface area contributed by atoms with E-state index in [1.54, 1.807) is 11.8 Å². The van der Waals surface area contributed by atoms with Crippen LogP contribution in [0.4, 0.5) is 0 Å². The van der Waals surface area contributed by atoms with Gasteiger partial charge in [0, 0.05) is 13.1 Å². The highest BCUT2D eigenvalue weighted by Gasteiger charge is 2.27. The minimum atomic E-state index is -3.92. The third-order valence-electron chi connectivity index (χ3n) is 3.81. The van der Waals surface area contributed by atoms with Crippen molar-refractivity contribution in [2.24, 2.45) is 5.14 Å². The number of amides is 1. The Labute approximate surface area is 135 Å². The molecule has 23 heavy (non-hydrogen) atoms. The Balaban J connectivity index is 2.15. The van der Waals surface area contributed by atoms with E-state index in [1.165, 1.54) is 25.1 Å². The van der Waals surface area contributed by atoms with Crippen LogP contribution in [-0.2, 0) is 19.6 Å². The van der Waals surface area contributed by atoms with Crippen LogP contribution in [0.2, 0.25) is 0 Å². The molecular formula is C15H20N2O5S. The molecule has 1 aromatic carbocycles. The monoisotopic (exact) mass is 340 g/mol. The van der Waals surface area contributed by atoms with E-state index in [2.05, 4.69) is 0 Å². The number of likely N-dealkylation sites (tertiary alicyclic amines) is 1. The minimum Gasteiger partial charge on any atom is -0.449 e. The van der Waals surface area contributed by atoms with Crippen molar-refractivity contribution in [1.29, 1.82) is 0 Å². The number of primary sulfonamides is 1. The van der Waals surface area contributed by atoms with Crippen molar-refractivity contribution in [3.8, 4) is 0 Å². The van der Waals surface area contributed by atoms with Gasteiger partial charge >= 0.3 is 5.97 Å². The van der Waals surface area contributed by atoms with Crippen LogP contribution in [0.3, 0.4) is 0 Å². The van der Waals surface area contributed by atoms with Crippen molar-refractivity contribution in [2.75, 3.05) is 13.1 Å². The van der Waals surface area contributed by atoms with Gasteiger partial charge in [-0.2, -0.15) is 0 Å². The lowest BCUT2D eigenvalue weighted by molar-refractivity contribution is -0.138. The van der Waals surface area contributed by atoms with E-state index in [9.17, 15) is 18.0 Å². The molecule has 1 atom stereocenters. The first kappa shape index (κ1) is 17.4.